The lowest BCUT2D eigenvalue weighted by Gasteiger charge is -2.21. The first-order valence-electron chi connectivity index (χ1n) is 6.14. The number of carboxylic acid groups (broad SMARTS) is 1. The average Bonchev–Trinajstić information content (AvgIpc) is 2.98. The molecule has 7 nitrogen and oxygen atoms in total. The first kappa shape index (κ1) is 12.7. The summed E-state index contributed by atoms with van der Waals surface area (Å²) in [6.45, 7) is 0.325. The Kier molecular flexibility index (Phi) is 3.69. The summed E-state index contributed by atoms with van der Waals surface area (Å²) >= 11 is 0. The number of nitrogens with one attached hydrogen (secondary N) is 2. The van der Waals surface area contributed by atoms with Crippen LogP contribution in [0.4, 0.5) is 4.79 Å². The highest BCUT2D eigenvalue weighted by Gasteiger charge is 2.34. The van der Waals surface area contributed by atoms with E-state index in [1.54, 1.807) is 0 Å². The number of amides is 3. The molecule has 2 fully saturated rings. The van der Waals surface area contributed by atoms with E-state index in [-0.39, 0.29) is 18.5 Å². The van der Waals surface area contributed by atoms with Crippen LogP contribution < -0.4 is 10.6 Å². The molecule has 0 aromatic rings. The number of urea groups is 1. The molecule has 18 heavy (non-hydrogen) atoms. The van der Waals surface area contributed by atoms with Crippen molar-refractivity contribution in [1.82, 2.24) is 15.5 Å². The summed E-state index contributed by atoms with van der Waals surface area (Å²) in [4.78, 5) is 35.3. The average molecular weight is 255 g/mol. The number of carboxylic acids is 1. The topological polar surface area (TPSA) is 98.7 Å². The zero-order valence-corrected chi connectivity index (χ0v) is 10.0. The lowest BCUT2D eigenvalue weighted by Crippen LogP contribution is -2.48. The van der Waals surface area contributed by atoms with Crippen molar-refractivity contribution in [3.05, 3.63) is 0 Å². The van der Waals surface area contributed by atoms with E-state index in [4.69, 9.17) is 5.11 Å². The Labute approximate surface area is 105 Å². The van der Waals surface area contributed by atoms with Crippen molar-refractivity contribution in [2.45, 2.75) is 37.8 Å². The molecule has 0 spiro atoms. The van der Waals surface area contributed by atoms with Gasteiger partial charge in [0, 0.05) is 12.6 Å². The molecule has 1 aliphatic carbocycles. The van der Waals surface area contributed by atoms with Gasteiger partial charge in [-0.3, -0.25) is 4.79 Å². The molecule has 0 radical (unpaired) electrons. The molecule has 2 aliphatic rings. The molecule has 1 saturated heterocycles. The lowest BCUT2D eigenvalue weighted by atomic mass is 10.2. The molecule has 0 unspecified atom stereocenters. The highest BCUT2D eigenvalue weighted by atomic mass is 16.4. The molecule has 1 aliphatic heterocycles. The number of hydrogen-bond acceptors (Lipinski definition) is 3. The van der Waals surface area contributed by atoms with Crippen LogP contribution in [0.3, 0.4) is 0 Å². The van der Waals surface area contributed by atoms with Gasteiger partial charge < -0.3 is 20.6 Å². The van der Waals surface area contributed by atoms with Gasteiger partial charge in [0.05, 0.1) is 6.54 Å². The molecule has 1 saturated carbocycles. The van der Waals surface area contributed by atoms with Gasteiger partial charge in [0.15, 0.2) is 0 Å². The van der Waals surface area contributed by atoms with Crippen LogP contribution in [0.2, 0.25) is 0 Å². The normalized spacial score (nSPS) is 22.7. The Morgan fingerprint density at radius 2 is 1.94 bits per heavy atom. The Bertz CT molecular complexity index is 367. The van der Waals surface area contributed by atoms with Gasteiger partial charge >= 0.3 is 12.0 Å². The van der Waals surface area contributed by atoms with Gasteiger partial charge in [0.1, 0.15) is 6.04 Å². The van der Waals surface area contributed by atoms with E-state index in [0.29, 0.717) is 19.4 Å². The van der Waals surface area contributed by atoms with Crippen LogP contribution >= 0.6 is 0 Å². The third kappa shape index (κ3) is 3.12. The van der Waals surface area contributed by atoms with Gasteiger partial charge in [-0.25, -0.2) is 9.59 Å². The predicted molar refractivity (Wildman–Crippen MR) is 61.9 cm³/mol. The summed E-state index contributed by atoms with van der Waals surface area (Å²) in [5, 5.41) is 14.1. The number of aliphatic carboxylic acids is 1. The van der Waals surface area contributed by atoms with E-state index in [9.17, 15) is 14.4 Å². The molecule has 2 rings (SSSR count). The molecule has 100 valence electrons. The van der Waals surface area contributed by atoms with Crippen molar-refractivity contribution < 1.29 is 19.5 Å². The van der Waals surface area contributed by atoms with Crippen LogP contribution in [-0.4, -0.2) is 53.1 Å². The van der Waals surface area contributed by atoms with E-state index in [1.807, 2.05) is 0 Å². The highest BCUT2D eigenvalue weighted by Crippen LogP contribution is 2.18. The van der Waals surface area contributed by atoms with Gasteiger partial charge in [-0.15, -0.1) is 0 Å². The number of likely N-dealkylation sites (tertiary alicyclic amines) is 1. The molecule has 1 atom stereocenters. The maximum absolute atomic E-state index is 11.7. The Morgan fingerprint density at radius 1 is 1.22 bits per heavy atom. The van der Waals surface area contributed by atoms with Crippen LogP contribution in [0.25, 0.3) is 0 Å². The van der Waals surface area contributed by atoms with E-state index in [0.717, 1.165) is 12.8 Å². The summed E-state index contributed by atoms with van der Waals surface area (Å²) in [6, 6.07) is -0.990. The van der Waals surface area contributed by atoms with Gasteiger partial charge in [-0.1, -0.05) is 0 Å². The minimum atomic E-state index is -0.995. The van der Waals surface area contributed by atoms with Gasteiger partial charge in [-0.2, -0.15) is 0 Å². The zero-order valence-electron chi connectivity index (χ0n) is 10.0. The quantitative estimate of drug-likeness (QED) is 0.632. The van der Waals surface area contributed by atoms with E-state index >= 15 is 0 Å². The second kappa shape index (κ2) is 5.24. The molecule has 0 bridgehead atoms. The SMILES string of the molecule is O=C(CNC(=O)N1CCC[C@H]1C(=O)O)NC1CC1. The van der Waals surface area contributed by atoms with Gasteiger partial charge in [0.2, 0.25) is 5.91 Å². The van der Waals surface area contributed by atoms with E-state index < -0.39 is 18.0 Å². The molecule has 0 aromatic carbocycles. The number of hydrogen-bond donors (Lipinski definition) is 3. The van der Waals surface area contributed by atoms with E-state index in [1.165, 1.54) is 4.90 Å². The van der Waals surface area contributed by atoms with Crippen LogP contribution in [0.1, 0.15) is 25.7 Å². The van der Waals surface area contributed by atoms with Gasteiger partial charge in [-0.05, 0) is 25.7 Å². The Hall–Kier alpha value is -1.79. The molecular formula is C11H17N3O4. The highest BCUT2D eigenvalue weighted by molar-refractivity contribution is 5.87. The second-order valence-electron chi connectivity index (χ2n) is 4.69. The standard InChI is InChI=1S/C11H17N3O4/c15-9(13-7-3-4-7)6-12-11(18)14-5-1-2-8(14)10(16)17/h7-8H,1-6H2,(H,12,18)(H,13,15)(H,16,17)/t8-/m0/s1. The van der Waals surface area contributed by atoms with E-state index in [2.05, 4.69) is 10.6 Å². The monoisotopic (exact) mass is 255 g/mol. The number of rotatable bonds is 4. The zero-order chi connectivity index (χ0) is 13.1. The molecule has 1 heterocycles. The molecule has 0 aromatic heterocycles. The third-order valence-electron chi connectivity index (χ3n) is 3.14. The smallest absolute Gasteiger partial charge is 0.326 e. The lowest BCUT2D eigenvalue weighted by molar-refractivity contribution is -0.141. The number of carbonyl (C=O) groups is 3. The molecule has 7 heteroatoms. The maximum atomic E-state index is 11.7. The summed E-state index contributed by atoms with van der Waals surface area (Å²) in [6.07, 6.45) is 3.13. The first-order valence-corrected chi connectivity index (χ1v) is 6.14. The summed E-state index contributed by atoms with van der Waals surface area (Å²) in [5.41, 5.74) is 0. The third-order valence-corrected chi connectivity index (χ3v) is 3.14. The van der Waals surface area contributed by atoms with Crippen molar-refractivity contribution >= 4 is 17.9 Å². The Balaban J connectivity index is 1.76. The first-order chi connectivity index (χ1) is 8.58. The van der Waals surface area contributed by atoms with Crippen LogP contribution in [-0.2, 0) is 9.59 Å². The summed E-state index contributed by atoms with van der Waals surface area (Å²) in [5.74, 6) is -1.22. The second-order valence-corrected chi connectivity index (χ2v) is 4.69. The predicted octanol–water partition coefficient (Wildman–Crippen LogP) is -0.476. The maximum Gasteiger partial charge on any atom is 0.326 e. The van der Waals surface area contributed by atoms with Crippen molar-refractivity contribution in [3.8, 4) is 0 Å². The fourth-order valence-electron chi connectivity index (χ4n) is 2.03. The molecule has 3 N–H and O–H groups in total. The fourth-order valence-corrected chi connectivity index (χ4v) is 2.03. The minimum absolute atomic E-state index is 0.0990. The Morgan fingerprint density at radius 3 is 2.56 bits per heavy atom. The molecule has 3 amide bonds. The van der Waals surface area contributed by atoms with Crippen molar-refractivity contribution in [2.24, 2.45) is 0 Å². The van der Waals surface area contributed by atoms with Gasteiger partial charge in [0.25, 0.3) is 0 Å². The number of carbonyl (C=O) groups excluding carboxylic acids is 2. The van der Waals surface area contributed by atoms with Crippen molar-refractivity contribution in [1.29, 1.82) is 0 Å². The van der Waals surface area contributed by atoms with Crippen LogP contribution in [0.5, 0.6) is 0 Å². The van der Waals surface area contributed by atoms with Crippen LogP contribution in [0.15, 0.2) is 0 Å². The van der Waals surface area contributed by atoms with Crippen molar-refractivity contribution in [2.75, 3.05) is 13.1 Å². The van der Waals surface area contributed by atoms with Crippen molar-refractivity contribution in [3.63, 3.8) is 0 Å². The molecular weight excluding hydrogens is 238 g/mol. The summed E-state index contributed by atoms with van der Waals surface area (Å²) < 4.78 is 0. The number of nitrogens with zero attached hydrogens (tertiary/aromatic N) is 1. The summed E-state index contributed by atoms with van der Waals surface area (Å²) in [7, 11) is 0. The fraction of sp³-hybridized carbons (Fsp3) is 0.727. The minimum Gasteiger partial charge on any atom is -0.480 e. The largest absolute Gasteiger partial charge is 0.480 e. The van der Waals surface area contributed by atoms with Crippen LogP contribution in [0, 0.1) is 0 Å².